The lowest BCUT2D eigenvalue weighted by Crippen LogP contribution is -2.22. The van der Waals surface area contributed by atoms with Crippen LogP contribution in [-0.2, 0) is 13.1 Å². The molecule has 0 amide bonds. The lowest BCUT2D eigenvalue weighted by molar-refractivity contribution is 0.800. The Hall–Kier alpha value is -3.52. The summed E-state index contributed by atoms with van der Waals surface area (Å²) in [6.07, 6.45) is 0. The highest BCUT2D eigenvalue weighted by Gasteiger charge is 2.08. The molecule has 0 aliphatic heterocycles. The van der Waals surface area contributed by atoms with Gasteiger partial charge in [0.05, 0.1) is 0 Å². The monoisotopic (exact) mass is 436 g/mol. The molecule has 4 aromatic rings. The zero-order valence-electron chi connectivity index (χ0n) is 20.2. The van der Waals surface area contributed by atoms with Crippen LogP contribution >= 0.6 is 0 Å². The van der Waals surface area contributed by atoms with Gasteiger partial charge in [0.15, 0.2) is 0 Å². The van der Waals surface area contributed by atoms with Crippen molar-refractivity contribution < 1.29 is 0 Å². The van der Waals surface area contributed by atoms with E-state index in [2.05, 4.69) is 146 Å². The summed E-state index contributed by atoms with van der Waals surface area (Å²) in [7, 11) is 0. The molecule has 0 saturated carbocycles. The minimum absolute atomic E-state index is 0.916. The summed E-state index contributed by atoms with van der Waals surface area (Å²) in [6.45, 7) is 10.5. The first-order valence-electron chi connectivity index (χ1n) is 11.9. The molecule has 170 valence electrons. The lowest BCUT2D eigenvalue weighted by atomic mass is 10.1. The molecule has 4 aromatic carbocycles. The van der Waals surface area contributed by atoms with Gasteiger partial charge in [0.25, 0.3) is 0 Å². The van der Waals surface area contributed by atoms with Crippen LogP contribution in [0.5, 0.6) is 0 Å². The Balaban J connectivity index is 0.000000218. The van der Waals surface area contributed by atoms with Gasteiger partial charge in [-0.3, -0.25) is 0 Å². The highest BCUT2D eigenvalue weighted by Crippen LogP contribution is 2.20. The predicted octanol–water partition coefficient (Wildman–Crippen LogP) is 7.73. The summed E-state index contributed by atoms with van der Waals surface area (Å²) in [4.78, 5) is 4.78. The largest absolute Gasteiger partial charge is 0.372 e. The minimum atomic E-state index is 0.916. The fourth-order valence-electron chi connectivity index (χ4n) is 3.97. The van der Waals surface area contributed by atoms with Gasteiger partial charge >= 0.3 is 0 Å². The molecule has 33 heavy (non-hydrogen) atoms. The highest BCUT2D eigenvalue weighted by atomic mass is 15.1. The van der Waals surface area contributed by atoms with E-state index in [9.17, 15) is 0 Å². The molecule has 0 radical (unpaired) electrons. The van der Waals surface area contributed by atoms with Gasteiger partial charge < -0.3 is 9.80 Å². The third-order valence-corrected chi connectivity index (χ3v) is 5.77. The molecular weight excluding hydrogens is 400 g/mol. The number of hydrogen-bond donors (Lipinski definition) is 0. The Morgan fingerprint density at radius 1 is 0.485 bits per heavy atom. The number of aryl methyl sites for hydroxylation is 1. The van der Waals surface area contributed by atoms with Crippen LogP contribution in [0.4, 0.5) is 11.4 Å². The fraction of sp³-hybridized carbons (Fsp3) is 0.226. The standard InChI is InChI=1S/C20H19N.C11H17N/c1-4-10-18(11-5-1)16-21(20-14-8-3-9-15-20)17-19-12-6-2-7-13-19;1-4-12(5-2)11-9-7-6-8-10(11)3/h1-15H,16-17H2;6-9H,4-5H2,1-3H3. The van der Waals surface area contributed by atoms with Crippen molar-refractivity contribution in [2.75, 3.05) is 22.9 Å². The molecule has 0 saturated heterocycles. The van der Waals surface area contributed by atoms with Crippen molar-refractivity contribution in [3.05, 3.63) is 132 Å². The summed E-state index contributed by atoms with van der Waals surface area (Å²) in [5.74, 6) is 0. The molecule has 4 rings (SSSR count). The number of nitrogens with zero attached hydrogens (tertiary/aromatic N) is 2. The summed E-state index contributed by atoms with van der Waals surface area (Å²) in [5.41, 5.74) is 6.64. The van der Waals surface area contributed by atoms with E-state index in [1.54, 1.807) is 0 Å². The van der Waals surface area contributed by atoms with Gasteiger partial charge in [-0.15, -0.1) is 0 Å². The third kappa shape index (κ3) is 7.54. The number of rotatable bonds is 8. The van der Waals surface area contributed by atoms with Gasteiger partial charge in [-0.1, -0.05) is 97.1 Å². The van der Waals surface area contributed by atoms with Gasteiger partial charge in [0.2, 0.25) is 0 Å². The van der Waals surface area contributed by atoms with Crippen LogP contribution in [0.15, 0.2) is 115 Å². The van der Waals surface area contributed by atoms with E-state index in [0.29, 0.717) is 0 Å². The van der Waals surface area contributed by atoms with Crippen LogP contribution in [0, 0.1) is 6.92 Å². The molecule has 2 heteroatoms. The first-order valence-corrected chi connectivity index (χ1v) is 11.9. The van der Waals surface area contributed by atoms with E-state index >= 15 is 0 Å². The second kappa shape index (κ2) is 13.1. The predicted molar refractivity (Wildman–Crippen MR) is 144 cm³/mol. The molecule has 0 N–H and O–H groups in total. The Labute approximate surface area is 200 Å². The molecule has 0 unspecified atom stereocenters. The lowest BCUT2D eigenvalue weighted by Gasteiger charge is -2.25. The number of benzene rings is 4. The first-order chi connectivity index (χ1) is 16.2. The summed E-state index contributed by atoms with van der Waals surface area (Å²) in [6, 6.07) is 40.4. The zero-order valence-corrected chi connectivity index (χ0v) is 20.2. The topological polar surface area (TPSA) is 6.48 Å². The van der Waals surface area contributed by atoms with Crippen LogP contribution in [-0.4, -0.2) is 13.1 Å². The van der Waals surface area contributed by atoms with Crippen molar-refractivity contribution >= 4 is 11.4 Å². The Kier molecular flexibility index (Phi) is 9.60. The molecular formula is C31H36N2. The zero-order chi connectivity index (χ0) is 23.3. The molecule has 0 aliphatic carbocycles. The summed E-state index contributed by atoms with van der Waals surface area (Å²) < 4.78 is 0. The minimum Gasteiger partial charge on any atom is -0.372 e. The molecule has 0 spiro atoms. The average molecular weight is 437 g/mol. The van der Waals surface area contributed by atoms with Gasteiger partial charge in [0.1, 0.15) is 0 Å². The quantitative estimate of drug-likeness (QED) is 0.279. The molecule has 0 fully saturated rings. The molecule has 0 atom stereocenters. The summed E-state index contributed by atoms with van der Waals surface area (Å²) >= 11 is 0. The number of para-hydroxylation sites is 2. The van der Waals surface area contributed by atoms with E-state index in [1.807, 2.05) is 0 Å². The summed E-state index contributed by atoms with van der Waals surface area (Å²) in [5, 5.41) is 0. The van der Waals surface area contributed by atoms with Gasteiger partial charge in [-0.25, -0.2) is 0 Å². The van der Waals surface area contributed by atoms with Crippen molar-refractivity contribution in [2.24, 2.45) is 0 Å². The number of anilines is 2. The number of hydrogen-bond acceptors (Lipinski definition) is 2. The normalized spacial score (nSPS) is 10.2. The Morgan fingerprint density at radius 2 is 0.909 bits per heavy atom. The SMILES string of the molecule is CCN(CC)c1ccccc1C.c1ccc(CN(Cc2ccccc2)c2ccccc2)cc1. The molecule has 0 heterocycles. The van der Waals surface area contributed by atoms with Crippen LogP contribution in [0.2, 0.25) is 0 Å². The van der Waals surface area contributed by atoms with E-state index in [-0.39, 0.29) is 0 Å². The first kappa shape index (κ1) is 24.1. The van der Waals surface area contributed by atoms with Gasteiger partial charge in [-0.2, -0.15) is 0 Å². The van der Waals surface area contributed by atoms with Crippen molar-refractivity contribution in [3.8, 4) is 0 Å². The van der Waals surface area contributed by atoms with Gasteiger partial charge in [-0.05, 0) is 55.7 Å². The van der Waals surface area contributed by atoms with E-state index < -0.39 is 0 Å². The van der Waals surface area contributed by atoms with Crippen molar-refractivity contribution in [2.45, 2.75) is 33.9 Å². The maximum atomic E-state index is 2.41. The molecule has 2 nitrogen and oxygen atoms in total. The average Bonchev–Trinajstić information content (AvgIpc) is 2.88. The molecule has 0 aromatic heterocycles. The van der Waals surface area contributed by atoms with E-state index in [0.717, 1.165) is 26.2 Å². The maximum absolute atomic E-state index is 2.41. The van der Waals surface area contributed by atoms with E-state index in [4.69, 9.17) is 0 Å². The smallest absolute Gasteiger partial charge is 0.0433 e. The second-order valence-electron chi connectivity index (χ2n) is 8.12. The molecule has 0 aliphatic rings. The highest BCUT2D eigenvalue weighted by molar-refractivity contribution is 5.52. The van der Waals surface area contributed by atoms with Crippen LogP contribution < -0.4 is 9.80 Å². The maximum Gasteiger partial charge on any atom is 0.0433 e. The van der Waals surface area contributed by atoms with Crippen molar-refractivity contribution in [1.82, 2.24) is 0 Å². The van der Waals surface area contributed by atoms with E-state index in [1.165, 1.54) is 28.1 Å². The van der Waals surface area contributed by atoms with Crippen LogP contribution in [0.1, 0.15) is 30.5 Å². The third-order valence-electron chi connectivity index (χ3n) is 5.77. The fourth-order valence-corrected chi connectivity index (χ4v) is 3.97. The van der Waals surface area contributed by atoms with Crippen molar-refractivity contribution in [1.29, 1.82) is 0 Å². The Bertz CT molecular complexity index is 1000. The van der Waals surface area contributed by atoms with Crippen LogP contribution in [0.3, 0.4) is 0 Å². The van der Waals surface area contributed by atoms with Gasteiger partial charge in [0, 0.05) is 37.6 Å². The molecule has 0 bridgehead atoms. The Morgan fingerprint density at radius 3 is 1.36 bits per heavy atom. The van der Waals surface area contributed by atoms with Crippen LogP contribution in [0.25, 0.3) is 0 Å². The second-order valence-corrected chi connectivity index (χ2v) is 8.12. The van der Waals surface area contributed by atoms with Crippen molar-refractivity contribution in [3.63, 3.8) is 0 Å².